The fourth-order valence-electron chi connectivity index (χ4n) is 3.89. The topological polar surface area (TPSA) is 0 Å². The van der Waals surface area contributed by atoms with Crippen LogP contribution in [0, 0.1) is 5.92 Å². The molecule has 1 aliphatic carbocycles. The van der Waals surface area contributed by atoms with E-state index in [2.05, 4.69) is 31.2 Å². The molecule has 128 valence electrons. The van der Waals surface area contributed by atoms with E-state index in [-0.39, 0.29) is 0 Å². The molecule has 23 heavy (non-hydrogen) atoms. The van der Waals surface area contributed by atoms with Gasteiger partial charge in [-0.05, 0) is 74.3 Å². The summed E-state index contributed by atoms with van der Waals surface area (Å²) in [6.45, 7) is 2.27. The molecule has 0 N–H and O–H groups in total. The largest absolute Gasteiger partial charge is 0.216 e. The summed E-state index contributed by atoms with van der Waals surface area (Å²) in [4.78, 5) is 0. The molecule has 0 aromatic heterocycles. The molecule has 2 rings (SSSR count). The van der Waals surface area contributed by atoms with Gasteiger partial charge in [-0.15, -0.1) is 0 Å². The van der Waals surface area contributed by atoms with Crippen LogP contribution in [0.1, 0.15) is 88.2 Å². The van der Waals surface area contributed by atoms with Gasteiger partial charge in [0.25, 0.3) is 0 Å². The lowest BCUT2D eigenvalue weighted by molar-refractivity contribution is 0.311. The Bertz CT molecular complexity index is 438. The van der Waals surface area contributed by atoms with Gasteiger partial charge in [0.1, 0.15) is 0 Å². The van der Waals surface area contributed by atoms with Crippen molar-refractivity contribution in [3.63, 3.8) is 0 Å². The highest BCUT2D eigenvalue weighted by Crippen LogP contribution is 2.37. The standard InChI is InChI=1S/C22H33F/c1-2-3-4-5-8-19-10-14-21(15-11-19)22-16-12-20(13-17-22)9-6-7-18-23/h7,10-11,14-15,18,20,22H,2-6,8-9,12-13,16-17H2,1H3/t20-,22-. The first-order valence-electron chi connectivity index (χ1n) is 9.67. The SMILES string of the molecule is CCCCCCc1ccc([C@H]2CC[C@H](CCC=CF)CC2)cc1. The lowest BCUT2D eigenvalue weighted by Gasteiger charge is -2.28. The van der Waals surface area contributed by atoms with Gasteiger partial charge in [-0.1, -0.05) is 56.5 Å². The van der Waals surface area contributed by atoms with Crippen LogP contribution in [-0.4, -0.2) is 0 Å². The van der Waals surface area contributed by atoms with Gasteiger partial charge in [0.2, 0.25) is 0 Å². The highest BCUT2D eigenvalue weighted by molar-refractivity contribution is 5.26. The Hall–Kier alpha value is -1.11. The lowest BCUT2D eigenvalue weighted by Crippen LogP contribution is -2.13. The first-order chi connectivity index (χ1) is 11.3. The third-order valence-electron chi connectivity index (χ3n) is 5.45. The van der Waals surface area contributed by atoms with Crippen LogP contribution in [0.15, 0.2) is 36.7 Å². The van der Waals surface area contributed by atoms with Gasteiger partial charge in [0, 0.05) is 0 Å². The molecule has 1 aliphatic rings. The minimum absolute atomic E-state index is 0.690. The maximum Gasteiger partial charge on any atom is 0.0827 e. The summed E-state index contributed by atoms with van der Waals surface area (Å²) in [5.41, 5.74) is 3.03. The molecule has 0 heterocycles. The zero-order valence-corrected chi connectivity index (χ0v) is 14.8. The van der Waals surface area contributed by atoms with E-state index in [1.165, 1.54) is 68.9 Å². The molecule has 0 bridgehead atoms. The zero-order valence-electron chi connectivity index (χ0n) is 14.8. The van der Waals surface area contributed by atoms with E-state index in [0.29, 0.717) is 6.33 Å². The van der Waals surface area contributed by atoms with Gasteiger partial charge in [-0.2, -0.15) is 0 Å². The first-order valence-corrected chi connectivity index (χ1v) is 9.67. The Balaban J connectivity index is 1.73. The summed E-state index contributed by atoms with van der Waals surface area (Å²) in [6, 6.07) is 9.43. The number of halogens is 1. The summed E-state index contributed by atoms with van der Waals surface area (Å²) in [6.07, 6.45) is 16.2. The summed E-state index contributed by atoms with van der Waals surface area (Å²) in [5, 5.41) is 0. The van der Waals surface area contributed by atoms with Crippen molar-refractivity contribution in [3.05, 3.63) is 47.8 Å². The monoisotopic (exact) mass is 316 g/mol. The normalized spacial score (nSPS) is 21.8. The molecule has 0 saturated heterocycles. The predicted octanol–water partition coefficient (Wildman–Crippen LogP) is 7.35. The van der Waals surface area contributed by atoms with Crippen molar-refractivity contribution in [2.75, 3.05) is 0 Å². The molecule has 0 radical (unpaired) electrons. The van der Waals surface area contributed by atoms with Crippen molar-refractivity contribution >= 4 is 0 Å². The molecule has 0 amide bonds. The maximum absolute atomic E-state index is 12.0. The average molecular weight is 317 g/mol. The predicted molar refractivity (Wildman–Crippen MR) is 98.5 cm³/mol. The molecule has 0 spiro atoms. The van der Waals surface area contributed by atoms with Crippen LogP contribution in [0.3, 0.4) is 0 Å². The summed E-state index contributed by atoms with van der Waals surface area (Å²) in [5.74, 6) is 1.55. The molecule has 0 unspecified atom stereocenters. The highest BCUT2D eigenvalue weighted by Gasteiger charge is 2.21. The summed E-state index contributed by atoms with van der Waals surface area (Å²) >= 11 is 0. The maximum atomic E-state index is 12.0. The number of benzene rings is 1. The van der Waals surface area contributed by atoms with Gasteiger partial charge in [-0.3, -0.25) is 0 Å². The van der Waals surface area contributed by atoms with Gasteiger partial charge < -0.3 is 0 Å². The third-order valence-corrected chi connectivity index (χ3v) is 5.45. The molecule has 1 aromatic carbocycles. The molecule has 1 fully saturated rings. The van der Waals surface area contributed by atoms with Crippen LogP contribution in [0.25, 0.3) is 0 Å². The van der Waals surface area contributed by atoms with E-state index < -0.39 is 0 Å². The molecule has 0 atom stereocenters. The van der Waals surface area contributed by atoms with Crippen LogP contribution in [-0.2, 0) is 6.42 Å². The van der Waals surface area contributed by atoms with Crippen molar-refractivity contribution in [2.24, 2.45) is 5.92 Å². The molecule has 0 nitrogen and oxygen atoms in total. The zero-order chi connectivity index (χ0) is 16.3. The van der Waals surface area contributed by atoms with Gasteiger partial charge >= 0.3 is 0 Å². The van der Waals surface area contributed by atoms with E-state index in [1.54, 1.807) is 6.08 Å². The number of aryl methyl sites for hydroxylation is 1. The number of unbranched alkanes of at least 4 members (excludes halogenated alkanes) is 3. The summed E-state index contributed by atoms with van der Waals surface area (Å²) < 4.78 is 12.0. The Labute approximate surface area is 142 Å². The van der Waals surface area contributed by atoms with Crippen molar-refractivity contribution in [1.82, 2.24) is 0 Å². The van der Waals surface area contributed by atoms with Gasteiger partial charge in [-0.25, -0.2) is 4.39 Å². The minimum Gasteiger partial charge on any atom is -0.216 e. The second kappa shape index (κ2) is 10.6. The van der Waals surface area contributed by atoms with Crippen LogP contribution in [0.5, 0.6) is 0 Å². The minimum atomic E-state index is 0.690. The highest BCUT2D eigenvalue weighted by atomic mass is 19.1. The van der Waals surface area contributed by atoms with Gasteiger partial charge in [0.05, 0.1) is 6.33 Å². The summed E-state index contributed by atoms with van der Waals surface area (Å²) in [7, 11) is 0. The smallest absolute Gasteiger partial charge is 0.0827 e. The van der Waals surface area contributed by atoms with Crippen LogP contribution < -0.4 is 0 Å². The fourth-order valence-corrected chi connectivity index (χ4v) is 3.89. The Morgan fingerprint density at radius 1 is 1.00 bits per heavy atom. The molecular weight excluding hydrogens is 283 g/mol. The number of hydrogen-bond donors (Lipinski definition) is 0. The fraction of sp³-hybridized carbons (Fsp3) is 0.636. The number of hydrogen-bond acceptors (Lipinski definition) is 0. The van der Waals surface area contributed by atoms with Crippen molar-refractivity contribution in [1.29, 1.82) is 0 Å². The van der Waals surface area contributed by atoms with E-state index in [9.17, 15) is 4.39 Å². The molecule has 0 aliphatic heterocycles. The molecule has 1 aromatic rings. The average Bonchev–Trinajstić information content (AvgIpc) is 2.60. The van der Waals surface area contributed by atoms with Crippen LogP contribution in [0.4, 0.5) is 4.39 Å². The Morgan fingerprint density at radius 2 is 1.74 bits per heavy atom. The van der Waals surface area contributed by atoms with E-state index >= 15 is 0 Å². The lowest BCUT2D eigenvalue weighted by atomic mass is 9.77. The third kappa shape index (κ3) is 6.49. The second-order valence-corrected chi connectivity index (χ2v) is 7.21. The second-order valence-electron chi connectivity index (χ2n) is 7.21. The van der Waals surface area contributed by atoms with Crippen molar-refractivity contribution in [2.45, 2.75) is 83.5 Å². The quantitative estimate of drug-likeness (QED) is 0.418. The first kappa shape index (κ1) is 18.2. The molecule has 1 saturated carbocycles. The number of rotatable bonds is 9. The Kier molecular flexibility index (Phi) is 8.42. The van der Waals surface area contributed by atoms with Crippen LogP contribution in [0.2, 0.25) is 0 Å². The van der Waals surface area contributed by atoms with Gasteiger partial charge in [0.15, 0.2) is 0 Å². The van der Waals surface area contributed by atoms with Crippen molar-refractivity contribution in [3.8, 4) is 0 Å². The van der Waals surface area contributed by atoms with E-state index in [1.807, 2.05) is 0 Å². The van der Waals surface area contributed by atoms with Crippen molar-refractivity contribution < 1.29 is 4.39 Å². The van der Waals surface area contributed by atoms with Crippen LogP contribution >= 0.6 is 0 Å². The van der Waals surface area contributed by atoms with E-state index in [0.717, 1.165) is 24.7 Å². The number of allylic oxidation sites excluding steroid dienone is 1. The van der Waals surface area contributed by atoms with E-state index in [4.69, 9.17) is 0 Å². The molecular formula is C22H33F. The molecule has 1 heteroatoms. The Morgan fingerprint density at radius 3 is 2.39 bits per heavy atom.